The number of unbranched alkanes of at least 4 members (excludes halogenated alkanes) is 1. The summed E-state index contributed by atoms with van der Waals surface area (Å²) in [6.07, 6.45) is 6.07. The van der Waals surface area contributed by atoms with E-state index < -0.39 is 0 Å². The van der Waals surface area contributed by atoms with Gasteiger partial charge >= 0.3 is 5.63 Å². The molecule has 3 nitrogen and oxygen atoms in total. The highest BCUT2D eigenvalue weighted by Gasteiger charge is 2.06. The molecule has 0 aliphatic rings. The van der Waals surface area contributed by atoms with Crippen molar-refractivity contribution in [3.8, 4) is 5.75 Å². The highest BCUT2D eigenvalue weighted by Crippen LogP contribution is 2.21. The van der Waals surface area contributed by atoms with Crippen LogP contribution in [0.2, 0.25) is 0 Å². The normalized spacial score (nSPS) is 10.9. The van der Waals surface area contributed by atoms with Gasteiger partial charge in [-0.1, -0.05) is 25.5 Å². The number of hydrogen-bond acceptors (Lipinski definition) is 3. The van der Waals surface area contributed by atoms with E-state index in [-0.39, 0.29) is 5.63 Å². The lowest BCUT2D eigenvalue weighted by atomic mass is 10.1. The van der Waals surface area contributed by atoms with Crippen molar-refractivity contribution >= 4 is 6.08 Å². The van der Waals surface area contributed by atoms with Gasteiger partial charge in [0.2, 0.25) is 0 Å². The van der Waals surface area contributed by atoms with E-state index in [1.165, 1.54) is 6.07 Å². The Kier molecular flexibility index (Phi) is 4.16. The monoisotopic (exact) mass is 208 g/mol. The maximum Gasteiger partial charge on any atom is 0.339 e. The Hall–Kier alpha value is -1.51. The van der Waals surface area contributed by atoms with Gasteiger partial charge in [0, 0.05) is 0 Å². The Morgan fingerprint density at radius 2 is 2.27 bits per heavy atom. The summed E-state index contributed by atoms with van der Waals surface area (Å²) in [6, 6.07) is 1.36. The molecule has 1 heterocycles. The molecule has 82 valence electrons. The first-order valence-electron chi connectivity index (χ1n) is 5.04. The second-order valence-electron chi connectivity index (χ2n) is 3.29. The fourth-order valence-electron chi connectivity index (χ4n) is 1.33. The topological polar surface area (TPSA) is 39.4 Å². The molecule has 0 amide bonds. The minimum absolute atomic E-state index is 0.378. The van der Waals surface area contributed by atoms with E-state index in [9.17, 15) is 4.79 Å². The van der Waals surface area contributed by atoms with Crippen LogP contribution in [0.25, 0.3) is 6.08 Å². The molecule has 0 N–H and O–H groups in total. The van der Waals surface area contributed by atoms with Crippen LogP contribution in [0.5, 0.6) is 5.75 Å². The van der Waals surface area contributed by atoms with Crippen molar-refractivity contribution in [3.63, 3.8) is 0 Å². The van der Waals surface area contributed by atoms with Gasteiger partial charge in [0.05, 0.1) is 18.7 Å². The van der Waals surface area contributed by atoms with Gasteiger partial charge < -0.3 is 9.15 Å². The first kappa shape index (κ1) is 11.6. The highest BCUT2D eigenvalue weighted by molar-refractivity contribution is 5.58. The molecule has 3 heteroatoms. The summed E-state index contributed by atoms with van der Waals surface area (Å²) in [7, 11) is 1.55. The second-order valence-corrected chi connectivity index (χ2v) is 3.29. The maximum atomic E-state index is 11.1. The molecule has 0 saturated heterocycles. The summed E-state index contributed by atoms with van der Waals surface area (Å²) in [5.74, 6) is 1.16. The van der Waals surface area contributed by atoms with Crippen molar-refractivity contribution in [2.24, 2.45) is 0 Å². The van der Waals surface area contributed by atoms with Gasteiger partial charge in [0.25, 0.3) is 0 Å². The Morgan fingerprint density at radius 3 is 2.87 bits per heavy atom. The van der Waals surface area contributed by atoms with E-state index in [0.29, 0.717) is 11.5 Å². The third kappa shape index (κ3) is 2.98. The van der Waals surface area contributed by atoms with Crippen LogP contribution in [-0.4, -0.2) is 7.11 Å². The van der Waals surface area contributed by atoms with Crippen molar-refractivity contribution in [1.29, 1.82) is 0 Å². The Balaban J connectivity index is 3.09. The van der Waals surface area contributed by atoms with Gasteiger partial charge in [-0.05, 0) is 13.3 Å². The van der Waals surface area contributed by atoms with Crippen molar-refractivity contribution < 1.29 is 9.15 Å². The van der Waals surface area contributed by atoms with Gasteiger partial charge in [-0.3, -0.25) is 0 Å². The average molecular weight is 208 g/mol. The summed E-state index contributed by atoms with van der Waals surface area (Å²) >= 11 is 0. The zero-order valence-electron chi connectivity index (χ0n) is 9.37. The molecule has 1 aromatic heterocycles. The Labute approximate surface area is 89.4 Å². The van der Waals surface area contributed by atoms with Gasteiger partial charge in [-0.25, -0.2) is 4.79 Å². The summed E-state index contributed by atoms with van der Waals surface area (Å²) in [5.41, 5.74) is 0.461. The molecule has 0 saturated carbocycles. The number of rotatable bonds is 4. The molecule has 0 spiro atoms. The largest absolute Gasteiger partial charge is 0.496 e. The fourth-order valence-corrected chi connectivity index (χ4v) is 1.33. The molecule has 15 heavy (non-hydrogen) atoms. The lowest BCUT2D eigenvalue weighted by Crippen LogP contribution is -2.02. The lowest BCUT2D eigenvalue weighted by Gasteiger charge is -2.05. The molecule has 0 unspecified atom stereocenters. The van der Waals surface area contributed by atoms with Crippen molar-refractivity contribution in [2.75, 3.05) is 7.11 Å². The van der Waals surface area contributed by atoms with E-state index >= 15 is 0 Å². The number of allylic oxidation sites excluding steroid dienone is 1. The van der Waals surface area contributed by atoms with Crippen LogP contribution in [0.4, 0.5) is 0 Å². The van der Waals surface area contributed by atoms with Crippen LogP contribution in [-0.2, 0) is 0 Å². The predicted molar refractivity (Wildman–Crippen MR) is 60.2 cm³/mol. The number of ether oxygens (including phenoxy) is 1. The third-order valence-electron chi connectivity index (χ3n) is 2.11. The quantitative estimate of drug-likeness (QED) is 0.763. The van der Waals surface area contributed by atoms with Gasteiger partial charge in [0.15, 0.2) is 0 Å². The first-order valence-corrected chi connectivity index (χ1v) is 5.04. The summed E-state index contributed by atoms with van der Waals surface area (Å²) in [6.45, 7) is 3.87. The lowest BCUT2D eigenvalue weighted by molar-refractivity contribution is 0.395. The molecule has 1 rings (SSSR count). The predicted octanol–water partition coefficient (Wildman–Crippen LogP) is 2.77. The molecule has 0 fully saturated rings. The minimum Gasteiger partial charge on any atom is -0.496 e. The zero-order chi connectivity index (χ0) is 11.3. The van der Waals surface area contributed by atoms with Crippen LogP contribution in [0.3, 0.4) is 0 Å². The molecule has 0 aliphatic heterocycles. The molecule has 0 aliphatic carbocycles. The number of methoxy groups -OCH3 is 1. The van der Waals surface area contributed by atoms with Crippen LogP contribution < -0.4 is 10.4 Å². The molecule has 0 aromatic carbocycles. The standard InChI is InChI=1S/C12H16O3/c1-4-5-6-7-10-9(2)15-12(13)8-11(10)14-3/h6-8H,4-5H2,1-3H3/b7-6+. The van der Waals surface area contributed by atoms with E-state index in [0.717, 1.165) is 18.4 Å². The average Bonchev–Trinajstić information content (AvgIpc) is 2.20. The fraction of sp³-hybridized carbons (Fsp3) is 0.417. The van der Waals surface area contributed by atoms with E-state index in [1.54, 1.807) is 14.0 Å². The molecule has 1 aromatic rings. The minimum atomic E-state index is -0.378. The highest BCUT2D eigenvalue weighted by atomic mass is 16.5. The van der Waals surface area contributed by atoms with Crippen molar-refractivity contribution in [2.45, 2.75) is 26.7 Å². The molecular formula is C12H16O3. The molecule has 0 atom stereocenters. The maximum absolute atomic E-state index is 11.1. The molecule has 0 radical (unpaired) electrons. The van der Waals surface area contributed by atoms with E-state index in [1.807, 2.05) is 12.2 Å². The SMILES string of the molecule is CCC/C=C/c1c(OC)cc(=O)oc1C. The van der Waals surface area contributed by atoms with Crippen LogP contribution in [0, 0.1) is 6.92 Å². The summed E-state index contributed by atoms with van der Waals surface area (Å²) in [5, 5.41) is 0. The zero-order valence-corrected chi connectivity index (χ0v) is 9.37. The molecular weight excluding hydrogens is 192 g/mol. The van der Waals surface area contributed by atoms with Gasteiger partial charge in [0.1, 0.15) is 11.5 Å². The van der Waals surface area contributed by atoms with Crippen molar-refractivity contribution in [3.05, 3.63) is 33.9 Å². The molecule has 0 bridgehead atoms. The van der Waals surface area contributed by atoms with Crippen LogP contribution in [0.1, 0.15) is 31.1 Å². The Bertz CT molecular complexity index is 402. The van der Waals surface area contributed by atoms with Crippen LogP contribution >= 0.6 is 0 Å². The van der Waals surface area contributed by atoms with Crippen molar-refractivity contribution in [1.82, 2.24) is 0 Å². The summed E-state index contributed by atoms with van der Waals surface area (Å²) in [4.78, 5) is 11.1. The number of aryl methyl sites for hydroxylation is 1. The van der Waals surface area contributed by atoms with E-state index in [4.69, 9.17) is 9.15 Å². The summed E-state index contributed by atoms with van der Waals surface area (Å²) < 4.78 is 10.1. The Morgan fingerprint density at radius 1 is 1.53 bits per heavy atom. The van der Waals surface area contributed by atoms with E-state index in [2.05, 4.69) is 6.92 Å². The first-order chi connectivity index (χ1) is 7.19. The smallest absolute Gasteiger partial charge is 0.339 e. The second kappa shape index (κ2) is 5.39. The third-order valence-corrected chi connectivity index (χ3v) is 2.11. The van der Waals surface area contributed by atoms with Gasteiger partial charge in [-0.15, -0.1) is 0 Å². The van der Waals surface area contributed by atoms with Gasteiger partial charge in [-0.2, -0.15) is 0 Å². The number of hydrogen-bond donors (Lipinski definition) is 0. The van der Waals surface area contributed by atoms with Crippen LogP contribution in [0.15, 0.2) is 21.4 Å².